The van der Waals surface area contributed by atoms with Crippen molar-refractivity contribution in [2.45, 2.75) is 349 Å². The Bertz CT molecular complexity index is 1700. The number of hydrogen-bond donors (Lipinski definition) is 3. The highest BCUT2D eigenvalue weighted by atomic mass is 31.2. The van der Waals surface area contributed by atoms with Crippen LogP contribution in [0.2, 0.25) is 0 Å². The van der Waals surface area contributed by atoms with Crippen molar-refractivity contribution in [1.29, 1.82) is 0 Å². The predicted octanol–water partition coefficient (Wildman–Crippen LogP) is 18.7. The van der Waals surface area contributed by atoms with Crippen molar-refractivity contribution in [3.05, 3.63) is 0 Å². The first kappa shape index (κ1) is 84.1. The van der Waals surface area contributed by atoms with Crippen LogP contribution in [0.15, 0.2) is 0 Å². The van der Waals surface area contributed by atoms with Gasteiger partial charge in [0.15, 0.2) is 12.2 Å². The maximum Gasteiger partial charge on any atom is 0.472 e. The Hall–Kier alpha value is -1.94. The van der Waals surface area contributed by atoms with Crippen molar-refractivity contribution < 1.29 is 80.2 Å². The Balaban J connectivity index is 5.16. The third-order valence-electron chi connectivity index (χ3n) is 16.1. The van der Waals surface area contributed by atoms with E-state index in [1.165, 1.54) is 122 Å². The van der Waals surface area contributed by atoms with E-state index in [4.69, 9.17) is 37.0 Å². The topological polar surface area (TPSA) is 237 Å². The van der Waals surface area contributed by atoms with Crippen LogP contribution >= 0.6 is 15.6 Å². The second-order valence-electron chi connectivity index (χ2n) is 25.2. The van der Waals surface area contributed by atoms with Gasteiger partial charge in [-0.3, -0.25) is 37.3 Å². The van der Waals surface area contributed by atoms with Crippen molar-refractivity contribution in [3.63, 3.8) is 0 Å². The quantitative estimate of drug-likeness (QED) is 0.0222. The van der Waals surface area contributed by atoms with Crippen molar-refractivity contribution in [2.24, 2.45) is 17.8 Å². The van der Waals surface area contributed by atoms with E-state index >= 15 is 0 Å². The molecule has 0 aromatic heterocycles. The van der Waals surface area contributed by atoms with Crippen LogP contribution in [0.3, 0.4) is 0 Å². The summed E-state index contributed by atoms with van der Waals surface area (Å²) in [7, 11) is -9.89. The van der Waals surface area contributed by atoms with E-state index in [9.17, 15) is 43.2 Å². The van der Waals surface area contributed by atoms with Gasteiger partial charge in [0.2, 0.25) is 0 Å². The monoisotopic (exact) mass is 1270 g/mol. The lowest BCUT2D eigenvalue weighted by molar-refractivity contribution is -0.161. The molecule has 0 spiro atoms. The SMILES string of the molecule is CCCCCCCCCC(=O)OC[C@H](COP(=O)(O)OC[C@H](O)COP(=O)(O)OC[C@@H](COC(=O)CCCCCCCCC(C)CC)OC(=O)CCCCCCCCCCCCCCCCCCC(C)C)OC(=O)CCCCCCCCC(C)CC. The predicted molar refractivity (Wildman–Crippen MR) is 344 cm³/mol. The fourth-order valence-electron chi connectivity index (χ4n) is 9.95. The molecule has 0 amide bonds. The highest BCUT2D eigenvalue weighted by molar-refractivity contribution is 7.47. The third kappa shape index (κ3) is 58.4. The number of hydrogen-bond acceptors (Lipinski definition) is 15. The van der Waals surface area contributed by atoms with Crippen molar-refractivity contribution >= 4 is 39.5 Å². The Morgan fingerprint density at radius 1 is 0.337 bits per heavy atom. The van der Waals surface area contributed by atoms with E-state index in [2.05, 4.69) is 48.5 Å². The summed E-state index contributed by atoms with van der Waals surface area (Å²) in [4.78, 5) is 72.2. The first-order valence-electron chi connectivity index (χ1n) is 34.9. The van der Waals surface area contributed by atoms with Gasteiger partial charge in [-0.2, -0.15) is 0 Å². The summed E-state index contributed by atoms with van der Waals surface area (Å²) in [5.74, 6) is 0.121. The summed E-state index contributed by atoms with van der Waals surface area (Å²) in [5, 5.41) is 10.5. The molecule has 0 fully saturated rings. The Labute approximate surface area is 524 Å². The molecule has 510 valence electrons. The Kier molecular flexibility index (Phi) is 56.9. The molecule has 0 aliphatic heterocycles. The summed E-state index contributed by atoms with van der Waals surface area (Å²) in [6, 6.07) is 0. The Morgan fingerprint density at radius 3 is 0.884 bits per heavy atom. The van der Waals surface area contributed by atoms with Gasteiger partial charge >= 0.3 is 39.5 Å². The largest absolute Gasteiger partial charge is 0.472 e. The van der Waals surface area contributed by atoms with Crippen LogP contribution < -0.4 is 0 Å². The molecular weight excluding hydrogens is 1140 g/mol. The van der Waals surface area contributed by atoms with Gasteiger partial charge in [-0.1, -0.05) is 280 Å². The molecule has 0 bridgehead atoms. The number of ether oxygens (including phenoxy) is 4. The Morgan fingerprint density at radius 2 is 0.593 bits per heavy atom. The summed E-state index contributed by atoms with van der Waals surface area (Å²) in [6.07, 6.45) is 40.6. The zero-order valence-corrected chi connectivity index (χ0v) is 57.6. The molecule has 0 aliphatic rings. The molecule has 0 aliphatic carbocycles. The fourth-order valence-corrected chi connectivity index (χ4v) is 11.5. The lowest BCUT2D eigenvalue weighted by Crippen LogP contribution is -2.30. The lowest BCUT2D eigenvalue weighted by Gasteiger charge is -2.21. The molecule has 0 heterocycles. The van der Waals surface area contributed by atoms with Gasteiger partial charge in [-0.15, -0.1) is 0 Å². The van der Waals surface area contributed by atoms with Crippen LogP contribution in [0.1, 0.15) is 331 Å². The van der Waals surface area contributed by atoms with Crippen LogP contribution in [-0.2, 0) is 65.4 Å². The molecule has 0 aromatic carbocycles. The number of aliphatic hydroxyl groups excluding tert-OH is 1. The zero-order valence-electron chi connectivity index (χ0n) is 55.8. The summed E-state index contributed by atoms with van der Waals surface area (Å²) >= 11 is 0. The van der Waals surface area contributed by atoms with E-state index in [1.54, 1.807) is 0 Å². The minimum Gasteiger partial charge on any atom is -0.462 e. The van der Waals surface area contributed by atoms with Gasteiger partial charge in [-0.25, -0.2) is 9.13 Å². The number of phosphoric acid groups is 2. The summed E-state index contributed by atoms with van der Waals surface area (Å²) < 4.78 is 68.0. The van der Waals surface area contributed by atoms with E-state index in [0.29, 0.717) is 25.7 Å². The van der Waals surface area contributed by atoms with Gasteiger partial charge in [-0.05, 0) is 43.4 Å². The number of rotatable bonds is 65. The summed E-state index contributed by atoms with van der Waals surface area (Å²) in [5.41, 5.74) is 0. The van der Waals surface area contributed by atoms with Crippen LogP contribution in [0.25, 0.3) is 0 Å². The van der Waals surface area contributed by atoms with Gasteiger partial charge in [0.25, 0.3) is 0 Å². The number of carbonyl (C=O) groups excluding carboxylic acids is 4. The molecule has 0 rings (SSSR count). The first-order valence-corrected chi connectivity index (χ1v) is 37.9. The highest BCUT2D eigenvalue weighted by Crippen LogP contribution is 2.45. The smallest absolute Gasteiger partial charge is 0.462 e. The third-order valence-corrected chi connectivity index (χ3v) is 18.0. The van der Waals surface area contributed by atoms with Crippen LogP contribution in [0.5, 0.6) is 0 Å². The zero-order chi connectivity index (χ0) is 63.8. The first-order chi connectivity index (χ1) is 41.3. The van der Waals surface area contributed by atoms with E-state index in [-0.39, 0.29) is 25.7 Å². The second kappa shape index (κ2) is 58.2. The van der Waals surface area contributed by atoms with E-state index < -0.39 is 97.5 Å². The van der Waals surface area contributed by atoms with Crippen molar-refractivity contribution in [1.82, 2.24) is 0 Å². The minimum atomic E-state index is -4.95. The van der Waals surface area contributed by atoms with Crippen LogP contribution in [0.4, 0.5) is 0 Å². The normalized spacial score (nSPS) is 14.9. The number of unbranched alkanes of at least 4 members (excludes halogenated alkanes) is 31. The molecule has 86 heavy (non-hydrogen) atoms. The van der Waals surface area contributed by atoms with E-state index in [0.717, 1.165) is 127 Å². The molecule has 0 saturated carbocycles. The molecule has 17 nitrogen and oxygen atoms in total. The van der Waals surface area contributed by atoms with E-state index in [1.807, 2.05) is 0 Å². The number of carbonyl (C=O) groups is 4. The maximum absolute atomic E-state index is 13.0. The average Bonchev–Trinajstić information content (AvgIpc) is 3.69. The molecule has 0 radical (unpaired) electrons. The molecule has 0 saturated heterocycles. The molecule has 0 aromatic rings. The molecule has 19 heteroatoms. The number of esters is 4. The lowest BCUT2D eigenvalue weighted by atomic mass is 10.00. The van der Waals surface area contributed by atoms with Gasteiger partial charge < -0.3 is 33.8 Å². The average molecular weight is 1270 g/mol. The van der Waals surface area contributed by atoms with Crippen LogP contribution in [0, 0.1) is 17.8 Å². The molecular formula is C67H130O17P2. The fraction of sp³-hybridized carbons (Fsp3) is 0.940. The number of phosphoric ester groups is 2. The van der Waals surface area contributed by atoms with Gasteiger partial charge in [0.05, 0.1) is 26.4 Å². The molecule has 3 N–H and O–H groups in total. The van der Waals surface area contributed by atoms with Crippen LogP contribution in [-0.4, -0.2) is 96.7 Å². The molecule has 7 atom stereocenters. The van der Waals surface area contributed by atoms with Gasteiger partial charge in [0, 0.05) is 25.7 Å². The van der Waals surface area contributed by atoms with Gasteiger partial charge in [0.1, 0.15) is 19.3 Å². The maximum atomic E-state index is 13.0. The standard InChI is InChI=1S/C67H130O17P2/c1-8-11-12-13-24-34-41-48-64(69)77-54-63(84-67(72)51-44-37-30-28-33-40-47-60(7)10-3)57-82-86(75,76)80-53-61(68)52-79-85(73,74)81-56-62(55-78-65(70)49-42-35-29-27-32-39-46-59(6)9-2)83-66(71)50-43-36-26-23-21-19-17-15-14-16-18-20-22-25-31-38-45-58(4)5/h58-63,68H,8-57H2,1-7H3,(H,73,74)(H,75,76)/t59?,60?,61-,62-,63-/m1/s1. The second-order valence-corrected chi connectivity index (χ2v) is 28.1. The number of aliphatic hydroxyl groups is 1. The molecule has 4 unspecified atom stereocenters. The highest BCUT2D eigenvalue weighted by Gasteiger charge is 2.30. The van der Waals surface area contributed by atoms with Crippen molar-refractivity contribution in [3.8, 4) is 0 Å². The van der Waals surface area contributed by atoms with Crippen molar-refractivity contribution in [2.75, 3.05) is 39.6 Å². The summed E-state index contributed by atoms with van der Waals surface area (Å²) in [6.45, 7) is 11.7. The minimum absolute atomic E-state index is 0.102.